The first-order valence-electron chi connectivity index (χ1n) is 6.33. The van der Waals surface area contributed by atoms with E-state index in [1.54, 1.807) is 38.4 Å². The molecule has 21 heavy (non-hydrogen) atoms. The van der Waals surface area contributed by atoms with Gasteiger partial charge >= 0.3 is 0 Å². The minimum Gasteiger partial charge on any atom is -0.495 e. The molecule has 0 saturated heterocycles. The maximum absolute atomic E-state index is 12.7. The Morgan fingerprint density at radius 3 is 2.76 bits per heavy atom. The van der Waals surface area contributed by atoms with Crippen molar-refractivity contribution in [1.82, 2.24) is 4.98 Å². The maximum Gasteiger partial charge on any atom is 0.261 e. The predicted octanol–water partition coefficient (Wildman–Crippen LogP) is 3.17. The highest BCUT2D eigenvalue weighted by Gasteiger charge is 2.20. The van der Waals surface area contributed by atoms with E-state index in [4.69, 9.17) is 4.74 Å². The standard InChI is InChI=1S/C15H16BrN3O2/c1-17-14-11(8-10(16)9-18-14)15(20)19(2)12-6-4-5-7-13(12)21-3/h4-9H,1-3H3,(H,17,18). The number of nitrogens with one attached hydrogen (secondary N) is 1. The average molecular weight is 350 g/mol. The number of hydrogen-bond acceptors (Lipinski definition) is 4. The lowest BCUT2D eigenvalue weighted by molar-refractivity contribution is 0.0993. The minimum absolute atomic E-state index is 0.169. The van der Waals surface area contributed by atoms with Gasteiger partial charge in [0.25, 0.3) is 5.91 Å². The molecule has 6 heteroatoms. The van der Waals surface area contributed by atoms with Crippen molar-refractivity contribution < 1.29 is 9.53 Å². The van der Waals surface area contributed by atoms with E-state index in [0.29, 0.717) is 22.8 Å². The molecule has 0 aliphatic rings. The van der Waals surface area contributed by atoms with Gasteiger partial charge in [-0.15, -0.1) is 0 Å². The van der Waals surface area contributed by atoms with Crippen LogP contribution in [-0.4, -0.2) is 32.1 Å². The molecule has 0 bridgehead atoms. The van der Waals surface area contributed by atoms with Crippen LogP contribution in [0.15, 0.2) is 41.0 Å². The first kappa shape index (κ1) is 15.3. The summed E-state index contributed by atoms with van der Waals surface area (Å²) in [5.41, 5.74) is 1.19. The van der Waals surface area contributed by atoms with Crippen molar-refractivity contribution in [3.8, 4) is 5.75 Å². The molecule has 1 heterocycles. The Morgan fingerprint density at radius 2 is 2.10 bits per heavy atom. The van der Waals surface area contributed by atoms with Crippen LogP contribution in [0.1, 0.15) is 10.4 Å². The fourth-order valence-corrected chi connectivity index (χ4v) is 2.33. The van der Waals surface area contributed by atoms with Crippen molar-refractivity contribution in [2.45, 2.75) is 0 Å². The van der Waals surface area contributed by atoms with Crippen molar-refractivity contribution in [3.63, 3.8) is 0 Å². The third-order valence-corrected chi connectivity index (χ3v) is 3.51. The van der Waals surface area contributed by atoms with Crippen molar-refractivity contribution in [2.24, 2.45) is 0 Å². The first-order chi connectivity index (χ1) is 10.1. The molecule has 5 nitrogen and oxygen atoms in total. The number of halogens is 1. The number of pyridine rings is 1. The Kier molecular flexibility index (Phi) is 4.80. The van der Waals surface area contributed by atoms with Crippen LogP contribution in [0.3, 0.4) is 0 Å². The van der Waals surface area contributed by atoms with E-state index in [-0.39, 0.29) is 5.91 Å². The number of anilines is 2. The third kappa shape index (κ3) is 3.16. The highest BCUT2D eigenvalue weighted by atomic mass is 79.9. The van der Waals surface area contributed by atoms with E-state index in [9.17, 15) is 4.79 Å². The Morgan fingerprint density at radius 1 is 1.38 bits per heavy atom. The molecule has 0 unspecified atom stereocenters. The van der Waals surface area contributed by atoms with Gasteiger partial charge in [-0.1, -0.05) is 12.1 Å². The van der Waals surface area contributed by atoms with Crippen molar-refractivity contribution >= 4 is 33.3 Å². The number of rotatable bonds is 4. The smallest absolute Gasteiger partial charge is 0.261 e. The van der Waals surface area contributed by atoms with Crippen LogP contribution in [-0.2, 0) is 0 Å². The first-order valence-corrected chi connectivity index (χ1v) is 7.12. The second kappa shape index (κ2) is 6.58. The molecule has 1 amide bonds. The van der Waals surface area contributed by atoms with Crippen LogP contribution in [0.2, 0.25) is 0 Å². The maximum atomic E-state index is 12.7. The monoisotopic (exact) mass is 349 g/mol. The van der Waals surface area contributed by atoms with E-state index < -0.39 is 0 Å². The second-order valence-corrected chi connectivity index (χ2v) is 5.25. The topological polar surface area (TPSA) is 54.5 Å². The molecule has 1 aromatic heterocycles. The number of aromatic nitrogens is 1. The van der Waals surface area contributed by atoms with Crippen LogP contribution in [0.4, 0.5) is 11.5 Å². The summed E-state index contributed by atoms with van der Waals surface area (Å²) in [4.78, 5) is 18.5. The van der Waals surface area contributed by atoms with Gasteiger partial charge in [0.05, 0.1) is 18.4 Å². The lowest BCUT2D eigenvalue weighted by atomic mass is 10.2. The second-order valence-electron chi connectivity index (χ2n) is 4.34. The molecule has 1 aromatic carbocycles. The summed E-state index contributed by atoms with van der Waals surface area (Å²) >= 11 is 3.34. The number of ether oxygens (including phenoxy) is 1. The van der Waals surface area contributed by atoms with E-state index >= 15 is 0 Å². The van der Waals surface area contributed by atoms with E-state index in [1.165, 1.54) is 0 Å². The normalized spacial score (nSPS) is 10.1. The van der Waals surface area contributed by atoms with E-state index in [0.717, 1.165) is 4.47 Å². The number of amides is 1. The summed E-state index contributed by atoms with van der Waals surface area (Å²) in [7, 11) is 5.02. The predicted molar refractivity (Wildman–Crippen MR) is 87.2 cm³/mol. The molecule has 0 fully saturated rings. The molecule has 2 aromatic rings. The molecule has 0 aliphatic heterocycles. The van der Waals surface area contributed by atoms with E-state index in [1.807, 2.05) is 24.3 Å². The number of methoxy groups -OCH3 is 1. The zero-order chi connectivity index (χ0) is 15.4. The van der Waals surface area contributed by atoms with Gasteiger partial charge in [-0.2, -0.15) is 0 Å². The van der Waals surface area contributed by atoms with Gasteiger partial charge in [0.2, 0.25) is 0 Å². The molecule has 110 valence electrons. The highest BCUT2D eigenvalue weighted by Crippen LogP contribution is 2.29. The van der Waals surface area contributed by atoms with Gasteiger partial charge in [0.15, 0.2) is 0 Å². The number of benzene rings is 1. The zero-order valence-electron chi connectivity index (χ0n) is 12.1. The van der Waals surface area contributed by atoms with Crippen molar-refractivity contribution in [2.75, 3.05) is 31.4 Å². The molecule has 2 rings (SSSR count). The molecule has 0 saturated carbocycles. The number of carbonyl (C=O) groups is 1. The SMILES string of the molecule is CNc1ncc(Br)cc1C(=O)N(C)c1ccccc1OC. The Labute approximate surface area is 132 Å². The zero-order valence-corrected chi connectivity index (χ0v) is 13.6. The molecule has 0 radical (unpaired) electrons. The fourth-order valence-electron chi connectivity index (χ4n) is 2.00. The Hall–Kier alpha value is -2.08. The number of hydrogen-bond donors (Lipinski definition) is 1. The molecular weight excluding hydrogens is 334 g/mol. The van der Waals surface area contributed by atoms with Gasteiger partial charge in [-0.05, 0) is 34.1 Å². The lowest BCUT2D eigenvalue weighted by Gasteiger charge is -2.21. The number of para-hydroxylation sites is 2. The Bertz CT molecular complexity index is 661. The highest BCUT2D eigenvalue weighted by molar-refractivity contribution is 9.10. The van der Waals surface area contributed by atoms with E-state index in [2.05, 4.69) is 26.2 Å². The van der Waals surface area contributed by atoms with Gasteiger partial charge in [-0.25, -0.2) is 4.98 Å². The van der Waals surface area contributed by atoms with Crippen molar-refractivity contribution in [3.05, 3.63) is 46.6 Å². The van der Waals surface area contributed by atoms with Crippen molar-refractivity contribution in [1.29, 1.82) is 0 Å². The Balaban J connectivity index is 2.42. The van der Waals surface area contributed by atoms with Crippen LogP contribution >= 0.6 is 15.9 Å². The molecule has 0 spiro atoms. The van der Waals surface area contributed by atoms with Gasteiger partial charge < -0.3 is 15.0 Å². The summed E-state index contributed by atoms with van der Waals surface area (Å²) in [5, 5.41) is 2.93. The fraction of sp³-hybridized carbons (Fsp3) is 0.200. The summed E-state index contributed by atoms with van der Waals surface area (Å²) in [6, 6.07) is 9.12. The summed E-state index contributed by atoms with van der Waals surface area (Å²) in [6.07, 6.45) is 1.64. The molecule has 1 N–H and O–H groups in total. The van der Waals surface area contributed by atoms with Crippen LogP contribution in [0, 0.1) is 0 Å². The summed E-state index contributed by atoms with van der Waals surface area (Å²) in [5.74, 6) is 1.00. The minimum atomic E-state index is -0.169. The molecule has 0 atom stereocenters. The summed E-state index contributed by atoms with van der Waals surface area (Å²) in [6.45, 7) is 0. The van der Waals surface area contributed by atoms with Crippen LogP contribution in [0.5, 0.6) is 5.75 Å². The quantitative estimate of drug-likeness (QED) is 0.920. The average Bonchev–Trinajstić information content (AvgIpc) is 2.53. The molecule has 0 aliphatic carbocycles. The van der Waals surface area contributed by atoms with Gasteiger partial charge in [0, 0.05) is 24.8 Å². The largest absolute Gasteiger partial charge is 0.495 e. The van der Waals surface area contributed by atoms with Crippen LogP contribution < -0.4 is 15.0 Å². The lowest BCUT2D eigenvalue weighted by Crippen LogP contribution is -2.27. The van der Waals surface area contributed by atoms with Gasteiger partial charge in [0.1, 0.15) is 11.6 Å². The number of carbonyl (C=O) groups excluding carboxylic acids is 1. The number of nitrogens with zero attached hydrogens (tertiary/aromatic N) is 2. The summed E-state index contributed by atoms with van der Waals surface area (Å²) < 4.78 is 6.05. The third-order valence-electron chi connectivity index (χ3n) is 3.07. The molecular formula is C15H16BrN3O2. The van der Waals surface area contributed by atoms with Gasteiger partial charge in [-0.3, -0.25) is 4.79 Å². The van der Waals surface area contributed by atoms with Crippen LogP contribution in [0.25, 0.3) is 0 Å².